The number of hydrogen-bond donors (Lipinski definition) is 0. The minimum absolute atomic E-state index is 0.0716. The standard InChI is InChI=1S/C66H122O6/c1-4-7-10-13-16-19-22-25-27-29-31-32-33-34-35-37-38-41-44-47-50-53-56-59-65(68)71-62-63(61-70-64(67)58-55-52-49-46-43-40-24-21-18-15-12-9-6-3)72-66(69)60-57-54-51-48-45-42-39-36-30-28-26-23-20-17-14-11-8-5-2/h21-22,24-25,29,31,63H,4-20,23,26-28,30,32-62H2,1-3H3/b24-21-,25-22-,31-29-. The molecule has 0 N–H and O–H groups in total. The summed E-state index contributed by atoms with van der Waals surface area (Å²) < 4.78 is 16.9. The molecule has 0 heterocycles. The lowest BCUT2D eigenvalue weighted by Crippen LogP contribution is -2.30. The van der Waals surface area contributed by atoms with Crippen LogP contribution in [0.1, 0.15) is 348 Å². The summed E-state index contributed by atoms with van der Waals surface area (Å²) >= 11 is 0. The molecule has 0 fully saturated rings. The van der Waals surface area contributed by atoms with Crippen molar-refractivity contribution in [2.24, 2.45) is 0 Å². The maximum atomic E-state index is 12.9. The van der Waals surface area contributed by atoms with Gasteiger partial charge >= 0.3 is 17.9 Å². The zero-order valence-corrected chi connectivity index (χ0v) is 48.5. The fourth-order valence-electron chi connectivity index (χ4n) is 9.53. The molecule has 1 unspecified atom stereocenters. The Bertz CT molecular complexity index is 1210. The van der Waals surface area contributed by atoms with Crippen LogP contribution in [0.15, 0.2) is 36.5 Å². The molecule has 0 aliphatic heterocycles. The van der Waals surface area contributed by atoms with Crippen molar-refractivity contribution in [2.45, 2.75) is 354 Å². The van der Waals surface area contributed by atoms with E-state index >= 15 is 0 Å². The zero-order chi connectivity index (χ0) is 52.2. The molecule has 0 aromatic rings. The number of ether oxygens (including phenoxy) is 3. The number of carbonyl (C=O) groups excluding carboxylic acids is 3. The second kappa shape index (κ2) is 61.2. The Balaban J connectivity index is 4.28. The average Bonchev–Trinajstić information content (AvgIpc) is 3.38. The van der Waals surface area contributed by atoms with Crippen LogP contribution < -0.4 is 0 Å². The lowest BCUT2D eigenvalue weighted by molar-refractivity contribution is -0.167. The van der Waals surface area contributed by atoms with Crippen LogP contribution >= 0.6 is 0 Å². The number of allylic oxidation sites excluding steroid dienone is 6. The number of rotatable bonds is 59. The summed E-state index contributed by atoms with van der Waals surface area (Å²) in [6.45, 7) is 6.66. The summed E-state index contributed by atoms with van der Waals surface area (Å²) in [5, 5.41) is 0. The lowest BCUT2D eigenvalue weighted by Gasteiger charge is -2.18. The van der Waals surface area contributed by atoms with Gasteiger partial charge in [0.15, 0.2) is 6.10 Å². The van der Waals surface area contributed by atoms with Crippen LogP contribution in [0.2, 0.25) is 0 Å². The maximum absolute atomic E-state index is 12.9. The minimum atomic E-state index is -0.774. The van der Waals surface area contributed by atoms with Crippen molar-refractivity contribution in [2.75, 3.05) is 13.2 Å². The predicted molar refractivity (Wildman–Crippen MR) is 312 cm³/mol. The van der Waals surface area contributed by atoms with Crippen LogP contribution in [0, 0.1) is 0 Å². The van der Waals surface area contributed by atoms with Gasteiger partial charge in [-0.25, -0.2) is 0 Å². The van der Waals surface area contributed by atoms with E-state index in [0.717, 1.165) is 70.6 Å². The van der Waals surface area contributed by atoms with Crippen LogP contribution in [0.5, 0.6) is 0 Å². The van der Waals surface area contributed by atoms with Crippen LogP contribution in [0.25, 0.3) is 0 Å². The van der Waals surface area contributed by atoms with Gasteiger partial charge in [-0.3, -0.25) is 14.4 Å². The van der Waals surface area contributed by atoms with Crippen molar-refractivity contribution >= 4 is 17.9 Å². The molecule has 0 saturated carbocycles. The third kappa shape index (κ3) is 58.5. The fraction of sp³-hybridized carbons (Fsp3) is 0.864. The molecule has 0 saturated heterocycles. The molecular formula is C66H122O6. The summed E-state index contributed by atoms with van der Waals surface area (Å²) in [5.74, 6) is -0.859. The first-order chi connectivity index (χ1) is 35.5. The van der Waals surface area contributed by atoms with Crippen LogP contribution in [-0.2, 0) is 28.6 Å². The molecule has 422 valence electrons. The molecule has 0 aromatic carbocycles. The molecule has 0 radical (unpaired) electrons. The van der Waals surface area contributed by atoms with Crippen molar-refractivity contribution in [1.29, 1.82) is 0 Å². The van der Waals surface area contributed by atoms with Gasteiger partial charge in [0.25, 0.3) is 0 Å². The molecule has 6 heteroatoms. The van der Waals surface area contributed by atoms with Crippen molar-refractivity contribution in [1.82, 2.24) is 0 Å². The molecular weight excluding hydrogens is 889 g/mol. The number of carbonyl (C=O) groups is 3. The average molecular weight is 1010 g/mol. The first-order valence-electron chi connectivity index (χ1n) is 32.0. The highest BCUT2D eigenvalue weighted by Gasteiger charge is 2.19. The second-order valence-electron chi connectivity index (χ2n) is 21.7. The second-order valence-corrected chi connectivity index (χ2v) is 21.7. The third-order valence-electron chi connectivity index (χ3n) is 14.4. The van der Waals surface area contributed by atoms with Gasteiger partial charge in [-0.1, -0.05) is 288 Å². The molecule has 0 amide bonds. The van der Waals surface area contributed by atoms with E-state index in [1.54, 1.807) is 0 Å². The normalized spacial score (nSPS) is 12.2. The number of hydrogen-bond acceptors (Lipinski definition) is 6. The molecule has 1 atom stereocenters. The van der Waals surface area contributed by atoms with Crippen molar-refractivity contribution in [3.8, 4) is 0 Å². The van der Waals surface area contributed by atoms with Crippen LogP contribution in [0.4, 0.5) is 0 Å². The first-order valence-corrected chi connectivity index (χ1v) is 32.0. The van der Waals surface area contributed by atoms with Crippen LogP contribution in [0.3, 0.4) is 0 Å². The Hall–Kier alpha value is -2.37. The smallest absolute Gasteiger partial charge is 0.306 e. The Labute approximate surface area is 448 Å². The molecule has 0 spiro atoms. The Morgan fingerprint density at radius 3 is 0.792 bits per heavy atom. The fourth-order valence-corrected chi connectivity index (χ4v) is 9.53. The van der Waals surface area contributed by atoms with Gasteiger partial charge in [-0.2, -0.15) is 0 Å². The molecule has 0 aliphatic rings. The van der Waals surface area contributed by atoms with E-state index < -0.39 is 6.10 Å². The van der Waals surface area contributed by atoms with E-state index in [-0.39, 0.29) is 31.1 Å². The summed E-state index contributed by atoms with van der Waals surface area (Å²) in [6.07, 6.45) is 74.3. The quantitative estimate of drug-likeness (QED) is 0.0261. The zero-order valence-electron chi connectivity index (χ0n) is 48.5. The molecule has 0 aromatic heterocycles. The summed E-state index contributed by atoms with van der Waals surface area (Å²) in [6, 6.07) is 0. The highest BCUT2D eigenvalue weighted by Crippen LogP contribution is 2.17. The molecule has 0 aliphatic carbocycles. The summed E-state index contributed by atoms with van der Waals surface area (Å²) in [5.41, 5.74) is 0. The van der Waals surface area contributed by atoms with Gasteiger partial charge < -0.3 is 14.2 Å². The van der Waals surface area contributed by atoms with Crippen molar-refractivity contribution in [3.05, 3.63) is 36.5 Å². The largest absolute Gasteiger partial charge is 0.462 e. The summed E-state index contributed by atoms with van der Waals surface area (Å²) in [7, 11) is 0. The minimum Gasteiger partial charge on any atom is -0.462 e. The van der Waals surface area contributed by atoms with Crippen molar-refractivity contribution in [3.63, 3.8) is 0 Å². The number of esters is 3. The Morgan fingerprint density at radius 1 is 0.278 bits per heavy atom. The highest BCUT2D eigenvalue weighted by molar-refractivity contribution is 5.71. The summed E-state index contributed by atoms with van der Waals surface area (Å²) in [4.78, 5) is 38.3. The highest BCUT2D eigenvalue weighted by atomic mass is 16.6. The first kappa shape index (κ1) is 69.6. The lowest BCUT2D eigenvalue weighted by atomic mass is 10.0. The van der Waals surface area contributed by atoms with E-state index in [1.165, 1.54) is 238 Å². The van der Waals surface area contributed by atoms with Crippen molar-refractivity contribution < 1.29 is 28.6 Å². The topological polar surface area (TPSA) is 78.9 Å². The van der Waals surface area contributed by atoms with Gasteiger partial charge in [0.1, 0.15) is 13.2 Å². The SMILES string of the molecule is CCCCCC/C=C\CCCCCCCC(=O)OCC(COC(=O)CCCCCCCCCCCCC/C=C\C/C=C\CCCCCCC)OC(=O)CCCCCCCCCCCCCCCCCCCC. The Morgan fingerprint density at radius 2 is 0.500 bits per heavy atom. The predicted octanol–water partition coefficient (Wildman–Crippen LogP) is 21.6. The van der Waals surface area contributed by atoms with Crippen LogP contribution in [-0.4, -0.2) is 37.2 Å². The molecule has 0 rings (SSSR count). The van der Waals surface area contributed by atoms with E-state index in [4.69, 9.17) is 14.2 Å². The molecule has 72 heavy (non-hydrogen) atoms. The molecule has 0 bridgehead atoms. The molecule has 6 nitrogen and oxygen atoms in total. The van der Waals surface area contributed by atoms with E-state index in [0.29, 0.717) is 19.3 Å². The monoisotopic (exact) mass is 1010 g/mol. The maximum Gasteiger partial charge on any atom is 0.306 e. The van der Waals surface area contributed by atoms with Gasteiger partial charge in [-0.05, 0) is 77.0 Å². The Kier molecular flexibility index (Phi) is 59.2. The van der Waals surface area contributed by atoms with E-state index in [9.17, 15) is 14.4 Å². The van der Waals surface area contributed by atoms with Gasteiger partial charge in [-0.15, -0.1) is 0 Å². The number of unbranched alkanes of at least 4 members (excludes halogenated alkanes) is 42. The van der Waals surface area contributed by atoms with E-state index in [2.05, 4.69) is 57.2 Å². The van der Waals surface area contributed by atoms with Gasteiger partial charge in [0.2, 0.25) is 0 Å². The van der Waals surface area contributed by atoms with E-state index in [1.807, 2.05) is 0 Å². The van der Waals surface area contributed by atoms with Gasteiger partial charge in [0, 0.05) is 19.3 Å². The van der Waals surface area contributed by atoms with Gasteiger partial charge in [0.05, 0.1) is 0 Å². The third-order valence-corrected chi connectivity index (χ3v) is 14.4.